The van der Waals surface area contributed by atoms with Crippen LogP contribution in [0.15, 0.2) is 30.5 Å². The SMILES string of the molecule is CCOc1cc(NC(=O)c2cnn3c(C)cc(C)nc23)ccc1OC(F)F. The minimum atomic E-state index is -2.97. The number of carbonyl (C=O) groups excluding carboxylic acids is 1. The van der Waals surface area contributed by atoms with E-state index in [0.717, 1.165) is 11.4 Å². The number of benzene rings is 1. The minimum Gasteiger partial charge on any atom is -0.490 e. The molecule has 3 rings (SSSR count). The molecule has 0 aliphatic rings. The van der Waals surface area contributed by atoms with Crippen molar-refractivity contribution in [1.29, 1.82) is 0 Å². The van der Waals surface area contributed by atoms with Crippen LogP contribution in [0.2, 0.25) is 0 Å². The summed E-state index contributed by atoms with van der Waals surface area (Å²) in [5.41, 5.74) is 2.72. The van der Waals surface area contributed by atoms with Gasteiger partial charge in [-0.25, -0.2) is 9.50 Å². The standard InChI is InChI=1S/C18H18F2N4O3/c1-4-26-15-8-12(5-6-14(15)27-18(19)20)23-17(25)13-9-21-24-11(3)7-10(2)22-16(13)24/h5-9,18H,4H2,1-3H3,(H,23,25). The number of aryl methyl sites for hydroxylation is 2. The predicted molar refractivity (Wildman–Crippen MR) is 94.7 cm³/mol. The first kappa shape index (κ1) is 18.6. The molecule has 9 heteroatoms. The lowest BCUT2D eigenvalue weighted by Crippen LogP contribution is -2.13. The van der Waals surface area contributed by atoms with Crippen molar-refractivity contribution in [3.05, 3.63) is 47.4 Å². The molecule has 1 aromatic carbocycles. The molecule has 0 aliphatic carbocycles. The third-order valence-corrected chi connectivity index (χ3v) is 3.74. The van der Waals surface area contributed by atoms with Crippen LogP contribution in [-0.4, -0.2) is 33.7 Å². The number of amides is 1. The van der Waals surface area contributed by atoms with Gasteiger partial charge in [-0.3, -0.25) is 4.79 Å². The Labute approximate surface area is 153 Å². The fourth-order valence-corrected chi connectivity index (χ4v) is 2.68. The molecule has 0 fully saturated rings. The molecule has 0 spiro atoms. The number of alkyl halides is 2. The fourth-order valence-electron chi connectivity index (χ4n) is 2.68. The zero-order chi connectivity index (χ0) is 19.6. The summed E-state index contributed by atoms with van der Waals surface area (Å²) >= 11 is 0. The fraction of sp³-hybridized carbons (Fsp3) is 0.278. The maximum atomic E-state index is 12.6. The van der Waals surface area contributed by atoms with Gasteiger partial charge in [0, 0.05) is 23.1 Å². The number of halogens is 2. The Morgan fingerprint density at radius 2 is 2.04 bits per heavy atom. The van der Waals surface area contributed by atoms with Crippen LogP contribution in [-0.2, 0) is 0 Å². The summed E-state index contributed by atoms with van der Waals surface area (Å²) in [7, 11) is 0. The third-order valence-electron chi connectivity index (χ3n) is 3.74. The highest BCUT2D eigenvalue weighted by atomic mass is 19.3. The lowest BCUT2D eigenvalue weighted by atomic mass is 10.2. The zero-order valence-corrected chi connectivity index (χ0v) is 15.0. The van der Waals surface area contributed by atoms with Crippen molar-refractivity contribution in [1.82, 2.24) is 14.6 Å². The van der Waals surface area contributed by atoms with Crippen LogP contribution < -0.4 is 14.8 Å². The highest BCUT2D eigenvalue weighted by Crippen LogP contribution is 2.32. The number of anilines is 1. The molecule has 0 radical (unpaired) electrons. The van der Waals surface area contributed by atoms with Gasteiger partial charge in [-0.05, 0) is 39.0 Å². The van der Waals surface area contributed by atoms with Gasteiger partial charge in [-0.2, -0.15) is 13.9 Å². The lowest BCUT2D eigenvalue weighted by Gasteiger charge is -2.13. The van der Waals surface area contributed by atoms with E-state index >= 15 is 0 Å². The van der Waals surface area contributed by atoms with E-state index in [-0.39, 0.29) is 18.1 Å². The smallest absolute Gasteiger partial charge is 0.387 e. The molecule has 1 amide bonds. The van der Waals surface area contributed by atoms with Crippen molar-refractivity contribution in [3.8, 4) is 11.5 Å². The number of ether oxygens (including phenoxy) is 2. The Kier molecular flexibility index (Phi) is 5.20. The zero-order valence-electron chi connectivity index (χ0n) is 15.0. The van der Waals surface area contributed by atoms with Crippen LogP contribution in [0.4, 0.5) is 14.5 Å². The van der Waals surface area contributed by atoms with Crippen LogP contribution in [0, 0.1) is 13.8 Å². The van der Waals surface area contributed by atoms with E-state index in [1.807, 2.05) is 19.9 Å². The van der Waals surface area contributed by atoms with Crippen molar-refractivity contribution in [3.63, 3.8) is 0 Å². The Hall–Kier alpha value is -3.23. The van der Waals surface area contributed by atoms with Crippen molar-refractivity contribution >= 4 is 17.2 Å². The van der Waals surface area contributed by atoms with Gasteiger partial charge in [0.25, 0.3) is 5.91 Å². The number of hydrogen-bond donors (Lipinski definition) is 1. The first-order valence-corrected chi connectivity index (χ1v) is 8.24. The Balaban J connectivity index is 1.89. The monoisotopic (exact) mass is 376 g/mol. The van der Waals surface area contributed by atoms with E-state index in [2.05, 4.69) is 20.1 Å². The van der Waals surface area contributed by atoms with E-state index in [1.54, 1.807) is 11.4 Å². The number of rotatable bonds is 6. The first-order chi connectivity index (χ1) is 12.9. The van der Waals surface area contributed by atoms with Crippen molar-refractivity contribution < 1.29 is 23.0 Å². The lowest BCUT2D eigenvalue weighted by molar-refractivity contribution is -0.0514. The highest BCUT2D eigenvalue weighted by molar-refractivity contribution is 6.08. The average molecular weight is 376 g/mol. The molecule has 1 N–H and O–H groups in total. The van der Waals surface area contributed by atoms with E-state index in [9.17, 15) is 13.6 Å². The largest absolute Gasteiger partial charge is 0.490 e. The van der Waals surface area contributed by atoms with E-state index in [4.69, 9.17) is 4.74 Å². The number of aromatic nitrogens is 3. The van der Waals surface area contributed by atoms with Gasteiger partial charge in [0.05, 0.1) is 12.8 Å². The Morgan fingerprint density at radius 3 is 2.74 bits per heavy atom. The van der Waals surface area contributed by atoms with Crippen molar-refractivity contribution in [2.45, 2.75) is 27.4 Å². The normalized spacial score (nSPS) is 11.0. The van der Waals surface area contributed by atoms with E-state index in [0.29, 0.717) is 16.9 Å². The van der Waals surface area contributed by atoms with Gasteiger partial charge in [-0.15, -0.1) is 0 Å². The van der Waals surface area contributed by atoms with Crippen LogP contribution in [0.5, 0.6) is 11.5 Å². The summed E-state index contributed by atoms with van der Waals surface area (Å²) in [5, 5.41) is 6.88. The minimum absolute atomic E-state index is 0.103. The van der Waals surface area contributed by atoms with Crippen molar-refractivity contribution in [2.24, 2.45) is 0 Å². The van der Waals surface area contributed by atoms with Gasteiger partial charge in [-0.1, -0.05) is 0 Å². The van der Waals surface area contributed by atoms with Crippen molar-refractivity contribution in [2.75, 3.05) is 11.9 Å². The Bertz CT molecular complexity index is 988. The average Bonchev–Trinajstić information content (AvgIpc) is 3.01. The molecule has 0 atom stereocenters. The quantitative estimate of drug-likeness (QED) is 0.711. The highest BCUT2D eigenvalue weighted by Gasteiger charge is 2.17. The number of hydrogen-bond acceptors (Lipinski definition) is 5. The second-order valence-corrected chi connectivity index (χ2v) is 5.76. The first-order valence-electron chi connectivity index (χ1n) is 8.24. The molecule has 3 aromatic rings. The number of nitrogens with one attached hydrogen (secondary N) is 1. The molecule has 0 bridgehead atoms. The van der Waals surface area contributed by atoms with Gasteiger partial charge < -0.3 is 14.8 Å². The maximum Gasteiger partial charge on any atom is 0.387 e. The van der Waals surface area contributed by atoms with Crippen LogP contribution in [0.1, 0.15) is 28.7 Å². The van der Waals surface area contributed by atoms with Crippen LogP contribution in [0.3, 0.4) is 0 Å². The molecule has 0 saturated heterocycles. The van der Waals surface area contributed by atoms with E-state index in [1.165, 1.54) is 24.4 Å². The molecular weight excluding hydrogens is 358 g/mol. The number of carbonyl (C=O) groups is 1. The summed E-state index contributed by atoms with van der Waals surface area (Å²) in [4.78, 5) is 17.0. The summed E-state index contributed by atoms with van der Waals surface area (Å²) < 4.78 is 36.3. The Morgan fingerprint density at radius 1 is 1.26 bits per heavy atom. The second kappa shape index (κ2) is 7.56. The van der Waals surface area contributed by atoms with Gasteiger partial charge in [0.1, 0.15) is 5.56 Å². The summed E-state index contributed by atoms with van der Waals surface area (Å²) in [5.74, 6) is -0.415. The molecule has 2 aromatic heterocycles. The molecule has 0 unspecified atom stereocenters. The molecule has 142 valence electrons. The number of fused-ring (bicyclic) bond motifs is 1. The maximum absolute atomic E-state index is 12.6. The topological polar surface area (TPSA) is 77.8 Å². The summed E-state index contributed by atoms with van der Waals surface area (Å²) in [6.45, 7) is 2.70. The third kappa shape index (κ3) is 3.97. The molecule has 0 saturated carbocycles. The van der Waals surface area contributed by atoms with Gasteiger partial charge in [0.2, 0.25) is 0 Å². The molecule has 2 heterocycles. The van der Waals surface area contributed by atoms with Gasteiger partial charge in [0.15, 0.2) is 17.1 Å². The van der Waals surface area contributed by atoms with Crippen LogP contribution >= 0.6 is 0 Å². The molecular formula is C18H18F2N4O3. The van der Waals surface area contributed by atoms with Crippen LogP contribution in [0.25, 0.3) is 5.65 Å². The number of nitrogens with zero attached hydrogens (tertiary/aromatic N) is 3. The second-order valence-electron chi connectivity index (χ2n) is 5.76. The molecule has 7 nitrogen and oxygen atoms in total. The molecule has 0 aliphatic heterocycles. The summed E-state index contributed by atoms with van der Waals surface area (Å²) in [6.07, 6.45) is 1.43. The summed E-state index contributed by atoms with van der Waals surface area (Å²) in [6, 6.07) is 6.05. The van der Waals surface area contributed by atoms with Gasteiger partial charge >= 0.3 is 6.61 Å². The predicted octanol–water partition coefficient (Wildman–Crippen LogP) is 3.60. The molecule has 27 heavy (non-hydrogen) atoms. The van der Waals surface area contributed by atoms with E-state index < -0.39 is 12.5 Å².